The highest BCUT2D eigenvalue weighted by Crippen LogP contribution is 2.35. The maximum Gasteiger partial charge on any atom is 0.161 e. The van der Waals surface area contributed by atoms with Crippen molar-refractivity contribution >= 4 is 11.3 Å². The normalized spacial score (nSPS) is 15.5. The van der Waals surface area contributed by atoms with Gasteiger partial charge in [-0.3, -0.25) is 0 Å². The van der Waals surface area contributed by atoms with E-state index in [-0.39, 0.29) is 0 Å². The minimum absolute atomic E-state index is 0.425. The van der Waals surface area contributed by atoms with Crippen LogP contribution in [0, 0.1) is 0 Å². The summed E-state index contributed by atoms with van der Waals surface area (Å²) in [6.45, 7) is 4.55. The number of nitrogens with one attached hydrogen (secondary N) is 1. The van der Waals surface area contributed by atoms with Crippen LogP contribution in [0.25, 0.3) is 11.3 Å². The summed E-state index contributed by atoms with van der Waals surface area (Å²) >= 11 is 1.71. The Labute approximate surface area is 129 Å². The van der Waals surface area contributed by atoms with Gasteiger partial charge in [0.2, 0.25) is 0 Å². The average Bonchev–Trinajstić information content (AvgIpc) is 2.87. The zero-order valence-electron chi connectivity index (χ0n) is 12.4. The summed E-state index contributed by atoms with van der Waals surface area (Å²) in [5.41, 5.74) is 2.09. The fraction of sp³-hybridized carbons (Fsp3) is 0.438. The number of likely N-dealkylation sites (N-methyl/N-ethyl adjacent to an activating group) is 1. The van der Waals surface area contributed by atoms with Gasteiger partial charge in [0.15, 0.2) is 11.5 Å². The van der Waals surface area contributed by atoms with Crippen molar-refractivity contribution in [3.8, 4) is 22.8 Å². The third-order valence-corrected chi connectivity index (χ3v) is 4.57. The highest BCUT2D eigenvalue weighted by atomic mass is 32.1. The molecule has 1 aromatic heterocycles. The van der Waals surface area contributed by atoms with E-state index in [9.17, 15) is 0 Å². The summed E-state index contributed by atoms with van der Waals surface area (Å²) in [4.78, 5) is 4.75. The molecule has 112 valence electrons. The Morgan fingerprint density at radius 1 is 1.29 bits per heavy atom. The molecule has 1 N–H and O–H groups in total. The number of fused-ring (bicyclic) bond motifs is 1. The van der Waals surface area contributed by atoms with Crippen LogP contribution in [-0.4, -0.2) is 31.8 Å². The Morgan fingerprint density at radius 2 is 2.10 bits per heavy atom. The van der Waals surface area contributed by atoms with Crippen LogP contribution in [0.15, 0.2) is 23.6 Å². The van der Waals surface area contributed by atoms with Crippen LogP contribution in [0.4, 0.5) is 0 Å². The maximum atomic E-state index is 5.74. The standard InChI is InChI=1S/C16H20N2O2S/c1-11(9-17-2)16-18-13(10-21-16)12-4-5-14-15(8-12)20-7-3-6-19-14/h4-5,8,10-11,17H,3,6-7,9H2,1-2H3. The van der Waals surface area contributed by atoms with Gasteiger partial charge in [0, 0.05) is 29.8 Å². The maximum absolute atomic E-state index is 5.74. The molecule has 0 spiro atoms. The molecule has 0 bridgehead atoms. The first-order valence-electron chi connectivity index (χ1n) is 7.28. The summed E-state index contributed by atoms with van der Waals surface area (Å²) in [7, 11) is 1.97. The van der Waals surface area contributed by atoms with E-state index in [4.69, 9.17) is 14.5 Å². The van der Waals surface area contributed by atoms with Gasteiger partial charge in [-0.2, -0.15) is 0 Å². The lowest BCUT2D eigenvalue weighted by molar-refractivity contribution is 0.297. The molecule has 1 aliphatic rings. The van der Waals surface area contributed by atoms with E-state index in [1.807, 2.05) is 19.2 Å². The fourth-order valence-electron chi connectivity index (χ4n) is 2.36. The predicted octanol–water partition coefficient (Wildman–Crippen LogP) is 3.29. The highest BCUT2D eigenvalue weighted by molar-refractivity contribution is 7.10. The minimum atomic E-state index is 0.425. The second-order valence-corrected chi connectivity index (χ2v) is 6.13. The molecule has 5 heteroatoms. The molecule has 0 saturated carbocycles. The van der Waals surface area contributed by atoms with Crippen molar-refractivity contribution in [1.82, 2.24) is 10.3 Å². The molecule has 2 aromatic rings. The number of thiazole rings is 1. The van der Waals surface area contributed by atoms with Gasteiger partial charge in [-0.25, -0.2) is 4.98 Å². The summed E-state index contributed by atoms with van der Waals surface area (Å²) in [5, 5.41) is 6.46. The number of rotatable bonds is 4. The summed E-state index contributed by atoms with van der Waals surface area (Å²) < 4.78 is 11.4. The number of hydrogen-bond donors (Lipinski definition) is 1. The van der Waals surface area contributed by atoms with E-state index in [0.717, 1.165) is 40.7 Å². The van der Waals surface area contributed by atoms with Crippen molar-refractivity contribution in [2.45, 2.75) is 19.3 Å². The second-order valence-electron chi connectivity index (χ2n) is 5.24. The van der Waals surface area contributed by atoms with Crippen LogP contribution in [0.1, 0.15) is 24.3 Å². The van der Waals surface area contributed by atoms with Crippen LogP contribution in [0.2, 0.25) is 0 Å². The van der Waals surface area contributed by atoms with Crippen LogP contribution < -0.4 is 14.8 Å². The van der Waals surface area contributed by atoms with Gasteiger partial charge in [-0.1, -0.05) is 6.92 Å². The Bertz CT molecular complexity index is 612. The highest BCUT2D eigenvalue weighted by Gasteiger charge is 2.14. The summed E-state index contributed by atoms with van der Waals surface area (Å²) in [5.74, 6) is 2.08. The first-order chi connectivity index (χ1) is 10.3. The zero-order valence-corrected chi connectivity index (χ0v) is 13.2. The van der Waals surface area contributed by atoms with Gasteiger partial charge in [0.1, 0.15) is 0 Å². The first kappa shape index (κ1) is 14.4. The molecule has 0 radical (unpaired) electrons. The molecule has 4 nitrogen and oxygen atoms in total. The molecule has 0 aliphatic carbocycles. The van der Waals surface area contributed by atoms with E-state index in [1.165, 1.54) is 0 Å². The van der Waals surface area contributed by atoms with E-state index >= 15 is 0 Å². The van der Waals surface area contributed by atoms with Crippen LogP contribution in [0.5, 0.6) is 11.5 Å². The second kappa shape index (κ2) is 6.45. The van der Waals surface area contributed by atoms with Crippen LogP contribution >= 0.6 is 11.3 Å². The van der Waals surface area contributed by atoms with Gasteiger partial charge in [0.25, 0.3) is 0 Å². The minimum Gasteiger partial charge on any atom is -0.490 e. The van der Waals surface area contributed by atoms with Gasteiger partial charge in [-0.05, 0) is 25.2 Å². The SMILES string of the molecule is CNCC(C)c1nc(-c2ccc3c(c2)OCCCO3)cs1. The number of benzene rings is 1. The van der Waals surface area contributed by atoms with Crippen molar-refractivity contribution in [2.75, 3.05) is 26.8 Å². The Kier molecular flexibility index (Phi) is 4.41. The van der Waals surface area contributed by atoms with Gasteiger partial charge in [-0.15, -0.1) is 11.3 Å². The molecule has 21 heavy (non-hydrogen) atoms. The lowest BCUT2D eigenvalue weighted by Crippen LogP contribution is -2.14. The largest absolute Gasteiger partial charge is 0.490 e. The quantitative estimate of drug-likeness (QED) is 0.941. The van der Waals surface area contributed by atoms with E-state index < -0.39 is 0 Å². The predicted molar refractivity (Wildman–Crippen MR) is 85.5 cm³/mol. The fourth-order valence-corrected chi connectivity index (χ4v) is 3.25. The molecule has 0 saturated heterocycles. The third-order valence-electron chi connectivity index (χ3n) is 3.50. The first-order valence-corrected chi connectivity index (χ1v) is 8.16. The monoisotopic (exact) mass is 304 g/mol. The lowest BCUT2D eigenvalue weighted by atomic mass is 10.1. The molecular formula is C16H20N2O2S. The zero-order chi connectivity index (χ0) is 14.7. The van der Waals surface area contributed by atoms with Crippen LogP contribution in [0.3, 0.4) is 0 Å². The molecule has 1 unspecified atom stereocenters. The molecular weight excluding hydrogens is 284 g/mol. The number of aromatic nitrogens is 1. The summed E-state index contributed by atoms with van der Waals surface area (Å²) in [6.07, 6.45) is 0.923. The molecule has 3 rings (SSSR count). The molecule has 2 heterocycles. The molecule has 1 aromatic carbocycles. The smallest absolute Gasteiger partial charge is 0.161 e. The van der Waals surface area contributed by atoms with Crippen LogP contribution in [-0.2, 0) is 0 Å². The molecule has 1 aliphatic heterocycles. The van der Waals surface area contributed by atoms with Gasteiger partial charge < -0.3 is 14.8 Å². The third kappa shape index (κ3) is 3.19. The number of hydrogen-bond acceptors (Lipinski definition) is 5. The van der Waals surface area contributed by atoms with Crippen molar-refractivity contribution < 1.29 is 9.47 Å². The molecule has 0 fully saturated rings. The van der Waals surface area contributed by atoms with Gasteiger partial charge in [0.05, 0.1) is 23.9 Å². The lowest BCUT2D eigenvalue weighted by Gasteiger charge is -2.08. The average molecular weight is 304 g/mol. The number of nitrogens with zero attached hydrogens (tertiary/aromatic N) is 1. The van der Waals surface area contributed by atoms with Crippen molar-refractivity contribution in [2.24, 2.45) is 0 Å². The van der Waals surface area contributed by atoms with E-state index in [1.54, 1.807) is 11.3 Å². The van der Waals surface area contributed by atoms with Crippen molar-refractivity contribution in [3.63, 3.8) is 0 Å². The van der Waals surface area contributed by atoms with E-state index in [2.05, 4.69) is 23.7 Å². The van der Waals surface area contributed by atoms with Crippen molar-refractivity contribution in [1.29, 1.82) is 0 Å². The molecule has 1 atom stereocenters. The Balaban J connectivity index is 1.85. The molecule has 0 amide bonds. The number of ether oxygens (including phenoxy) is 2. The Hall–Kier alpha value is -1.59. The van der Waals surface area contributed by atoms with E-state index in [0.29, 0.717) is 19.1 Å². The Morgan fingerprint density at radius 3 is 2.90 bits per heavy atom. The van der Waals surface area contributed by atoms with Gasteiger partial charge >= 0.3 is 0 Å². The topological polar surface area (TPSA) is 43.4 Å². The summed E-state index contributed by atoms with van der Waals surface area (Å²) in [6, 6.07) is 6.06. The van der Waals surface area contributed by atoms with Crippen molar-refractivity contribution in [3.05, 3.63) is 28.6 Å².